The summed E-state index contributed by atoms with van der Waals surface area (Å²) in [6.07, 6.45) is 3.97. The molecule has 0 saturated carbocycles. The SMILES string of the molecule is CC(C)(C)CN(CCCO)Cc1nc2sc3c(c2c(=O)[nH]1)CCC3. The number of aromatic nitrogens is 2. The van der Waals surface area contributed by atoms with Crippen LogP contribution in [-0.4, -0.2) is 39.7 Å². The van der Waals surface area contributed by atoms with Gasteiger partial charge in [0.2, 0.25) is 0 Å². The summed E-state index contributed by atoms with van der Waals surface area (Å²) in [5.74, 6) is 0.731. The van der Waals surface area contributed by atoms with Gasteiger partial charge in [0.15, 0.2) is 0 Å². The van der Waals surface area contributed by atoms with E-state index in [1.807, 2.05) is 0 Å². The number of H-pyrrole nitrogens is 1. The van der Waals surface area contributed by atoms with Gasteiger partial charge >= 0.3 is 0 Å². The van der Waals surface area contributed by atoms with Crippen molar-refractivity contribution in [2.24, 2.45) is 5.41 Å². The quantitative estimate of drug-likeness (QED) is 0.841. The lowest BCUT2D eigenvalue weighted by molar-refractivity contribution is 0.163. The topological polar surface area (TPSA) is 69.2 Å². The molecule has 6 heteroatoms. The first kappa shape index (κ1) is 17.6. The van der Waals surface area contributed by atoms with Crippen molar-refractivity contribution in [3.8, 4) is 0 Å². The number of thiophene rings is 1. The molecular formula is C18H27N3O2S. The highest BCUT2D eigenvalue weighted by Gasteiger charge is 2.22. The number of aromatic amines is 1. The minimum Gasteiger partial charge on any atom is -0.396 e. The maximum atomic E-state index is 12.6. The van der Waals surface area contributed by atoms with Crippen molar-refractivity contribution in [1.82, 2.24) is 14.9 Å². The normalized spacial score (nSPS) is 14.7. The Kier molecular flexibility index (Phi) is 5.08. The van der Waals surface area contributed by atoms with Crippen molar-refractivity contribution in [3.63, 3.8) is 0 Å². The van der Waals surface area contributed by atoms with E-state index in [9.17, 15) is 4.79 Å². The van der Waals surface area contributed by atoms with Crippen molar-refractivity contribution in [1.29, 1.82) is 0 Å². The van der Waals surface area contributed by atoms with Crippen LogP contribution in [0.1, 0.15) is 49.9 Å². The van der Waals surface area contributed by atoms with Crippen LogP contribution >= 0.6 is 11.3 Å². The molecule has 132 valence electrons. The molecule has 0 amide bonds. The van der Waals surface area contributed by atoms with Crippen LogP contribution in [0.4, 0.5) is 0 Å². The molecule has 0 saturated heterocycles. The number of aryl methyl sites for hydroxylation is 2. The lowest BCUT2D eigenvalue weighted by atomic mass is 9.96. The van der Waals surface area contributed by atoms with Crippen LogP contribution in [0.15, 0.2) is 4.79 Å². The Morgan fingerprint density at radius 2 is 2.12 bits per heavy atom. The average molecular weight is 350 g/mol. The average Bonchev–Trinajstić information content (AvgIpc) is 3.03. The summed E-state index contributed by atoms with van der Waals surface area (Å²) in [6, 6.07) is 0. The van der Waals surface area contributed by atoms with Gasteiger partial charge in [-0.3, -0.25) is 9.69 Å². The maximum absolute atomic E-state index is 12.6. The van der Waals surface area contributed by atoms with Gasteiger partial charge < -0.3 is 10.1 Å². The summed E-state index contributed by atoms with van der Waals surface area (Å²) in [5, 5.41) is 9.95. The van der Waals surface area contributed by atoms with E-state index in [2.05, 4.69) is 30.7 Å². The second kappa shape index (κ2) is 6.94. The van der Waals surface area contributed by atoms with Crippen LogP contribution in [-0.2, 0) is 19.4 Å². The fourth-order valence-electron chi connectivity index (χ4n) is 3.51. The lowest BCUT2D eigenvalue weighted by Gasteiger charge is -2.29. The molecule has 24 heavy (non-hydrogen) atoms. The Morgan fingerprint density at radius 3 is 2.83 bits per heavy atom. The van der Waals surface area contributed by atoms with E-state index in [-0.39, 0.29) is 17.6 Å². The zero-order valence-corrected chi connectivity index (χ0v) is 15.6. The molecule has 0 bridgehead atoms. The van der Waals surface area contributed by atoms with Crippen LogP contribution in [0.2, 0.25) is 0 Å². The Hall–Kier alpha value is -1.24. The number of fused-ring (bicyclic) bond motifs is 3. The van der Waals surface area contributed by atoms with Crippen molar-refractivity contribution < 1.29 is 5.11 Å². The first-order valence-electron chi connectivity index (χ1n) is 8.74. The van der Waals surface area contributed by atoms with E-state index >= 15 is 0 Å². The van der Waals surface area contributed by atoms with E-state index in [4.69, 9.17) is 10.1 Å². The number of nitrogens with one attached hydrogen (secondary N) is 1. The predicted octanol–water partition coefficient (Wildman–Crippen LogP) is 2.70. The standard InChI is InChI=1S/C18H27N3O2S/c1-18(2,3)11-21(8-5-9-22)10-14-19-16(23)15-12-6-4-7-13(12)24-17(15)20-14/h22H,4-11H2,1-3H3,(H,19,20,23). The number of aliphatic hydroxyl groups is 1. The summed E-state index contributed by atoms with van der Waals surface area (Å²) in [7, 11) is 0. The Labute approximate surface area is 146 Å². The lowest BCUT2D eigenvalue weighted by Crippen LogP contribution is -2.34. The molecule has 0 aliphatic heterocycles. The molecule has 2 aromatic rings. The molecule has 1 aliphatic carbocycles. The van der Waals surface area contributed by atoms with Gasteiger partial charge in [-0.25, -0.2) is 4.98 Å². The largest absolute Gasteiger partial charge is 0.396 e. The molecule has 3 rings (SSSR count). The molecule has 2 heterocycles. The maximum Gasteiger partial charge on any atom is 0.259 e. The number of hydrogen-bond acceptors (Lipinski definition) is 5. The first-order valence-corrected chi connectivity index (χ1v) is 9.56. The van der Waals surface area contributed by atoms with Gasteiger partial charge in [-0.05, 0) is 36.7 Å². The van der Waals surface area contributed by atoms with Gasteiger partial charge in [-0.15, -0.1) is 11.3 Å². The van der Waals surface area contributed by atoms with E-state index < -0.39 is 0 Å². The molecule has 0 radical (unpaired) electrons. The summed E-state index contributed by atoms with van der Waals surface area (Å²) in [5.41, 5.74) is 1.39. The van der Waals surface area contributed by atoms with Gasteiger partial charge in [0, 0.05) is 24.6 Å². The third-order valence-corrected chi connectivity index (χ3v) is 5.51. The summed E-state index contributed by atoms with van der Waals surface area (Å²) < 4.78 is 0. The third kappa shape index (κ3) is 3.87. The molecule has 2 aromatic heterocycles. The number of aliphatic hydroxyl groups excluding tert-OH is 1. The highest BCUT2D eigenvalue weighted by molar-refractivity contribution is 7.18. The van der Waals surface area contributed by atoms with Gasteiger partial charge in [0.25, 0.3) is 5.56 Å². The number of rotatable bonds is 6. The fourth-order valence-corrected chi connectivity index (χ4v) is 4.79. The summed E-state index contributed by atoms with van der Waals surface area (Å²) in [6.45, 7) is 9.09. The van der Waals surface area contributed by atoms with E-state index in [1.165, 1.54) is 10.4 Å². The molecule has 5 nitrogen and oxygen atoms in total. The molecule has 0 fully saturated rings. The summed E-state index contributed by atoms with van der Waals surface area (Å²) >= 11 is 1.68. The van der Waals surface area contributed by atoms with Crippen molar-refractivity contribution in [2.45, 2.75) is 53.0 Å². The third-order valence-electron chi connectivity index (χ3n) is 4.33. The second-order valence-corrected chi connectivity index (χ2v) is 8.98. The van der Waals surface area contributed by atoms with Gasteiger partial charge in [0.1, 0.15) is 10.7 Å². The van der Waals surface area contributed by atoms with Crippen molar-refractivity contribution >= 4 is 21.6 Å². The van der Waals surface area contributed by atoms with E-state index in [0.29, 0.717) is 6.54 Å². The molecule has 0 aromatic carbocycles. The van der Waals surface area contributed by atoms with E-state index in [0.717, 1.165) is 54.8 Å². The second-order valence-electron chi connectivity index (χ2n) is 7.90. The molecule has 0 unspecified atom stereocenters. The smallest absolute Gasteiger partial charge is 0.259 e. The van der Waals surface area contributed by atoms with Crippen LogP contribution in [0.25, 0.3) is 10.2 Å². The zero-order valence-electron chi connectivity index (χ0n) is 14.8. The molecule has 1 aliphatic rings. The zero-order chi connectivity index (χ0) is 17.3. The summed E-state index contributed by atoms with van der Waals surface area (Å²) in [4.78, 5) is 24.8. The molecule has 2 N–H and O–H groups in total. The molecular weight excluding hydrogens is 322 g/mol. The Bertz CT molecular complexity index is 773. The van der Waals surface area contributed by atoms with Crippen LogP contribution < -0.4 is 5.56 Å². The van der Waals surface area contributed by atoms with Gasteiger partial charge in [-0.2, -0.15) is 0 Å². The monoisotopic (exact) mass is 349 g/mol. The van der Waals surface area contributed by atoms with E-state index in [1.54, 1.807) is 11.3 Å². The highest BCUT2D eigenvalue weighted by atomic mass is 32.1. The van der Waals surface area contributed by atoms with Gasteiger partial charge in [-0.1, -0.05) is 20.8 Å². The first-order chi connectivity index (χ1) is 11.4. The highest BCUT2D eigenvalue weighted by Crippen LogP contribution is 2.34. The van der Waals surface area contributed by atoms with Crippen molar-refractivity contribution in [2.75, 3.05) is 19.7 Å². The van der Waals surface area contributed by atoms with Crippen LogP contribution in [0.3, 0.4) is 0 Å². The predicted molar refractivity (Wildman–Crippen MR) is 98.7 cm³/mol. The Morgan fingerprint density at radius 1 is 1.33 bits per heavy atom. The Balaban J connectivity index is 1.86. The minimum atomic E-state index is 0.00673. The van der Waals surface area contributed by atoms with Gasteiger partial charge in [0.05, 0.1) is 11.9 Å². The molecule has 0 atom stereocenters. The fraction of sp³-hybridized carbons (Fsp3) is 0.667. The number of nitrogens with zero attached hydrogens (tertiary/aromatic N) is 2. The number of hydrogen-bond donors (Lipinski definition) is 2. The van der Waals surface area contributed by atoms with Crippen LogP contribution in [0.5, 0.6) is 0 Å². The van der Waals surface area contributed by atoms with Crippen LogP contribution in [0, 0.1) is 5.41 Å². The minimum absolute atomic E-state index is 0.00673. The van der Waals surface area contributed by atoms with Crippen molar-refractivity contribution in [3.05, 3.63) is 26.6 Å². The molecule has 0 spiro atoms.